The molecule has 22 heavy (non-hydrogen) atoms. The summed E-state index contributed by atoms with van der Waals surface area (Å²) in [5, 5.41) is 0. The third-order valence-electron chi connectivity index (χ3n) is 3.69. The predicted molar refractivity (Wildman–Crippen MR) is 84.0 cm³/mol. The van der Waals surface area contributed by atoms with E-state index in [4.69, 9.17) is 4.74 Å². The average molecular weight is 296 g/mol. The molecule has 0 saturated heterocycles. The van der Waals surface area contributed by atoms with E-state index in [-0.39, 0.29) is 12.5 Å². The lowest BCUT2D eigenvalue weighted by molar-refractivity contribution is -0.133. The summed E-state index contributed by atoms with van der Waals surface area (Å²) < 4.78 is 5.00. The second-order valence-corrected chi connectivity index (χ2v) is 5.01. The van der Waals surface area contributed by atoms with Gasteiger partial charge in [0.1, 0.15) is 6.54 Å². The average Bonchev–Trinajstić information content (AvgIpc) is 2.55. The lowest BCUT2D eigenvalue weighted by atomic mass is 10.1. The van der Waals surface area contributed by atoms with E-state index in [1.807, 2.05) is 54.6 Å². The fourth-order valence-electron chi connectivity index (χ4n) is 2.67. The Bertz CT molecular complexity index is 687. The molecule has 5 heteroatoms. The molecule has 3 rings (SSSR count). The maximum atomic E-state index is 12.6. The Hall–Kier alpha value is -2.82. The Balaban J connectivity index is 2.06. The smallest absolute Gasteiger partial charge is 0.294 e. The van der Waals surface area contributed by atoms with E-state index in [1.165, 1.54) is 0 Å². The zero-order valence-electron chi connectivity index (χ0n) is 12.2. The van der Waals surface area contributed by atoms with Crippen LogP contribution in [0.2, 0.25) is 0 Å². The quantitative estimate of drug-likeness (QED) is 0.814. The van der Waals surface area contributed by atoms with Crippen molar-refractivity contribution in [2.24, 2.45) is 0 Å². The third-order valence-corrected chi connectivity index (χ3v) is 3.69. The highest BCUT2D eigenvalue weighted by molar-refractivity contribution is 6.08. The molecule has 0 aromatic heterocycles. The van der Waals surface area contributed by atoms with E-state index < -0.39 is 6.23 Å². The number of ether oxygens (including phenoxy) is 1. The van der Waals surface area contributed by atoms with Gasteiger partial charge in [0.15, 0.2) is 6.23 Å². The van der Waals surface area contributed by atoms with Crippen molar-refractivity contribution in [2.75, 3.05) is 16.3 Å². The zero-order valence-corrected chi connectivity index (χ0v) is 12.2. The number of carbonyl (C=O) groups excluding carboxylic acids is 2. The summed E-state index contributed by atoms with van der Waals surface area (Å²) >= 11 is 0. The van der Waals surface area contributed by atoms with Gasteiger partial charge in [-0.3, -0.25) is 14.5 Å². The minimum absolute atomic E-state index is 0.0637. The van der Waals surface area contributed by atoms with Crippen molar-refractivity contribution in [1.29, 1.82) is 0 Å². The van der Waals surface area contributed by atoms with Gasteiger partial charge in [0, 0.05) is 5.69 Å². The first-order valence-corrected chi connectivity index (χ1v) is 7.05. The van der Waals surface area contributed by atoms with Gasteiger partial charge in [0.05, 0.1) is 11.4 Å². The van der Waals surface area contributed by atoms with Gasteiger partial charge in [-0.05, 0) is 31.2 Å². The Morgan fingerprint density at radius 3 is 2.36 bits per heavy atom. The lowest BCUT2D eigenvalue weighted by Crippen LogP contribution is -2.48. The summed E-state index contributed by atoms with van der Waals surface area (Å²) in [6.07, 6.45) is -0.500. The molecule has 1 heterocycles. The van der Waals surface area contributed by atoms with Gasteiger partial charge < -0.3 is 9.64 Å². The molecular formula is C17H16N2O3. The molecule has 112 valence electrons. The van der Waals surface area contributed by atoms with Crippen molar-refractivity contribution < 1.29 is 14.3 Å². The molecule has 0 N–H and O–H groups in total. The lowest BCUT2D eigenvalue weighted by Gasteiger charge is -2.39. The van der Waals surface area contributed by atoms with Crippen LogP contribution in [0.25, 0.3) is 0 Å². The van der Waals surface area contributed by atoms with Gasteiger partial charge in [-0.1, -0.05) is 30.3 Å². The standard InChI is InChI=1S/C17H16N2O3/c1-13(22-12-20)18-11-17(21)19(14-7-3-2-4-8-14)16-10-6-5-9-15(16)18/h2-10,12-13H,11H2,1H3. The molecule has 1 aliphatic rings. The summed E-state index contributed by atoms with van der Waals surface area (Å²) in [4.78, 5) is 26.7. The van der Waals surface area contributed by atoms with Gasteiger partial charge in [0.2, 0.25) is 0 Å². The highest BCUT2D eigenvalue weighted by Crippen LogP contribution is 2.38. The minimum atomic E-state index is -0.500. The fourth-order valence-corrected chi connectivity index (χ4v) is 2.67. The highest BCUT2D eigenvalue weighted by atomic mass is 16.5. The number of fused-ring (bicyclic) bond motifs is 1. The highest BCUT2D eigenvalue weighted by Gasteiger charge is 2.32. The summed E-state index contributed by atoms with van der Waals surface area (Å²) in [6.45, 7) is 2.30. The van der Waals surface area contributed by atoms with Crippen molar-refractivity contribution in [3.8, 4) is 0 Å². The van der Waals surface area contributed by atoms with Crippen molar-refractivity contribution in [1.82, 2.24) is 0 Å². The van der Waals surface area contributed by atoms with Crippen molar-refractivity contribution in [3.05, 3.63) is 54.6 Å². The van der Waals surface area contributed by atoms with Crippen LogP contribution < -0.4 is 9.80 Å². The monoisotopic (exact) mass is 296 g/mol. The van der Waals surface area contributed by atoms with Gasteiger partial charge in [-0.25, -0.2) is 0 Å². The number of hydrogen-bond donors (Lipinski definition) is 0. The van der Waals surface area contributed by atoms with Crippen molar-refractivity contribution in [3.63, 3.8) is 0 Å². The number of hydrogen-bond acceptors (Lipinski definition) is 4. The van der Waals surface area contributed by atoms with E-state index in [0.717, 1.165) is 17.1 Å². The molecule has 1 amide bonds. The van der Waals surface area contributed by atoms with Crippen molar-refractivity contribution >= 4 is 29.4 Å². The van der Waals surface area contributed by atoms with Crippen LogP contribution in [0.15, 0.2) is 54.6 Å². The van der Waals surface area contributed by atoms with E-state index in [1.54, 1.807) is 16.7 Å². The maximum absolute atomic E-state index is 12.6. The van der Waals surface area contributed by atoms with Crippen LogP contribution in [0.1, 0.15) is 6.92 Å². The molecule has 2 aromatic rings. The molecule has 0 bridgehead atoms. The summed E-state index contributed by atoms with van der Waals surface area (Å²) in [7, 11) is 0. The molecule has 0 saturated carbocycles. The fraction of sp³-hybridized carbons (Fsp3) is 0.176. The second kappa shape index (κ2) is 5.89. The molecule has 0 radical (unpaired) electrons. The first kappa shape index (κ1) is 14.1. The Morgan fingerprint density at radius 1 is 1.05 bits per heavy atom. The predicted octanol–water partition coefficient (Wildman–Crippen LogP) is 2.69. The van der Waals surface area contributed by atoms with Crippen LogP contribution in [-0.4, -0.2) is 25.2 Å². The summed E-state index contributed by atoms with van der Waals surface area (Å²) in [5.41, 5.74) is 2.47. The van der Waals surface area contributed by atoms with Gasteiger partial charge >= 0.3 is 0 Å². The summed E-state index contributed by atoms with van der Waals surface area (Å²) in [6, 6.07) is 17.1. The first-order valence-electron chi connectivity index (χ1n) is 7.05. The van der Waals surface area contributed by atoms with Crippen LogP contribution in [0.3, 0.4) is 0 Å². The number of rotatable bonds is 4. The molecule has 0 fully saturated rings. The van der Waals surface area contributed by atoms with E-state index in [0.29, 0.717) is 6.47 Å². The Morgan fingerprint density at radius 2 is 1.68 bits per heavy atom. The molecule has 1 aliphatic heterocycles. The molecular weight excluding hydrogens is 280 g/mol. The summed E-state index contributed by atoms with van der Waals surface area (Å²) in [5.74, 6) is -0.0637. The van der Waals surface area contributed by atoms with Gasteiger partial charge in [-0.15, -0.1) is 0 Å². The minimum Gasteiger partial charge on any atom is -0.444 e. The molecule has 1 atom stereocenters. The molecule has 2 aromatic carbocycles. The number of para-hydroxylation sites is 3. The second-order valence-electron chi connectivity index (χ2n) is 5.01. The van der Waals surface area contributed by atoms with Crippen LogP contribution in [0, 0.1) is 0 Å². The molecule has 0 spiro atoms. The number of benzene rings is 2. The maximum Gasteiger partial charge on any atom is 0.294 e. The first-order chi connectivity index (χ1) is 10.7. The van der Waals surface area contributed by atoms with Crippen LogP contribution in [0.5, 0.6) is 0 Å². The molecule has 0 aliphatic carbocycles. The van der Waals surface area contributed by atoms with Gasteiger partial charge in [-0.2, -0.15) is 0 Å². The zero-order chi connectivity index (χ0) is 15.5. The third kappa shape index (κ3) is 2.41. The largest absolute Gasteiger partial charge is 0.444 e. The number of amides is 1. The van der Waals surface area contributed by atoms with Crippen molar-refractivity contribution in [2.45, 2.75) is 13.2 Å². The van der Waals surface area contributed by atoms with Crippen LogP contribution >= 0.6 is 0 Å². The number of nitrogens with zero attached hydrogens (tertiary/aromatic N) is 2. The Labute approximate surface area is 128 Å². The van der Waals surface area contributed by atoms with Crippen LogP contribution in [0.4, 0.5) is 17.1 Å². The van der Waals surface area contributed by atoms with E-state index in [9.17, 15) is 9.59 Å². The van der Waals surface area contributed by atoms with E-state index in [2.05, 4.69) is 0 Å². The Kier molecular flexibility index (Phi) is 3.78. The topological polar surface area (TPSA) is 49.9 Å². The van der Waals surface area contributed by atoms with Crippen LogP contribution in [-0.2, 0) is 14.3 Å². The van der Waals surface area contributed by atoms with E-state index >= 15 is 0 Å². The van der Waals surface area contributed by atoms with Gasteiger partial charge in [0.25, 0.3) is 12.4 Å². The molecule has 5 nitrogen and oxygen atoms in total. The SMILES string of the molecule is CC(OC=O)N1CC(=O)N(c2ccccc2)c2ccccc21. The molecule has 1 unspecified atom stereocenters. The number of carbonyl (C=O) groups is 2. The number of anilines is 3. The normalized spacial score (nSPS) is 15.2.